The number of benzene rings is 2. The van der Waals surface area contributed by atoms with Gasteiger partial charge in [0.2, 0.25) is 5.78 Å². The van der Waals surface area contributed by atoms with E-state index in [4.69, 9.17) is 14.2 Å². The van der Waals surface area contributed by atoms with Crippen LogP contribution in [0.4, 0.5) is 0 Å². The van der Waals surface area contributed by atoms with E-state index in [-0.39, 0.29) is 13.4 Å². The standard InChI is InChI=1S/C33H47NO6Si/c1-33(2,24-39-25-38-22-23-41(3,4)5)30(35)31(36)34-21-13-12-18-28(34)32(37)40-29(27-16-10-7-11-17-27)20-19-26-14-8-6-9-15-26/h6-11,14-17,28-29H,12-13,18-25H2,1-5H3/t28-,29?/m0/s1. The quantitative estimate of drug-likeness (QED) is 0.0818. The number of rotatable bonds is 15. The summed E-state index contributed by atoms with van der Waals surface area (Å²) in [5, 5.41) is 0. The van der Waals surface area contributed by atoms with E-state index in [9.17, 15) is 14.4 Å². The summed E-state index contributed by atoms with van der Waals surface area (Å²) in [6, 6.07) is 20.0. The molecule has 2 aromatic rings. The van der Waals surface area contributed by atoms with E-state index in [1.165, 1.54) is 4.90 Å². The molecule has 1 fully saturated rings. The topological polar surface area (TPSA) is 82.1 Å². The van der Waals surface area contributed by atoms with Crippen LogP contribution in [-0.4, -0.2) is 63.2 Å². The van der Waals surface area contributed by atoms with Crippen molar-refractivity contribution in [1.29, 1.82) is 0 Å². The SMILES string of the molecule is CC(C)(COCOCC[Si](C)(C)C)C(=O)C(=O)N1CCCC[C@H]1C(=O)OC(CCc1ccccc1)c1ccccc1. The van der Waals surface area contributed by atoms with E-state index < -0.39 is 43.3 Å². The van der Waals surface area contributed by atoms with Gasteiger partial charge in [-0.15, -0.1) is 0 Å². The molecule has 1 amide bonds. The number of likely N-dealkylation sites (tertiary alicyclic amines) is 1. The summed E-state index contributed by atoms with van der Waals surface area (Å²) in [4.78, 5) is 41.8. The number of Topliss-reactive ketones (excluding diaryl/α,β-unsaturated/α-hetero) is 1. The molecular weight excluding hydrogens is 534 g/mol. The number of carbonyl (C=O) groups excluding carboxylic acids is 3. The second-order valence-corrected chi connectivity index (χ2v) is 18.4. The highest BCUT2D eigenvalue weighted by molar-refractivity contribution is 6.76. The summed E-state index contributed by atoms with van der Waals surface area (Å²) < 4.78 is 17.3. The van der Waals surface area contributed by atoms with E-state index in [2.05, 4.69) is 31.8 Å². The van der Waals surface area contributed by atoms with Gasteiger partial charge in [-0.3, -0.25) is 9.59 Å². The summed E-state index contributed by atoms with van der Waals surface area (Å²) in [6.45, 7) is 11.3. The minimum absolute atomic E-state index is 0.0586. The Hall–Kier alpha value is -2.81. The van der Waals surface area contributed by atoms with Gasteiger partial charge in [-0.25, -0.2) is 4.79 Å². The monoisotopic (exact) mass is 581 g/mol. The van der Waals surface area contributed by atoms with E-state index in [0.29, 0.717) is 26.0 Å². The normalized spacial score (nSPS) is 16.7. The molecule has 3 rings (SSSR count). The predicted molar refractivity (Wildman–Crippen MR) is 163 cm³/mol. The second-order valence-electron chi connectivity index (χ2n) is 12.8. The molecule has 1 saturated heterocycles. The maximum atomic E-state index is 13.6. The molecular formula is C33H47NO6Si. The molecule has 0 aliphatic carbocycles. The molecule has 7 nitrogen and oxygen atoms in total. The zero-order valence-electron chi connectivity index (χ0n) is 25.4. The van der Waals surface area contributed by atoms with Crippen molar-refractivity contribution in [3.8, 4) is 0 Å². The molecule has 41 heavy (non-hydrogen) atoms. The second kappa shape index (κ2) is 15.4. The molecule has 224 valence electrons. The molecule has 2 aromatic carbocycles. The van der Waals surface area contributed by atoms with Crippen LogP contribution in [0.25, 0.3) is 0 Å². The number of nitrogens with zero attached hydrogens (tertiary/aromatic N) is 1. The summed E-state index contributed by atoms with van der Waals surface area (Å²) in [7, 11) is -1.20. The number of piperidine rings is 1. The fourth-order valence-corrected chi connectivity index (χ4v) is 5.58. The van der Waals surface area contributed by atoms with Crippen LogP contribution in [0.5, 0.6) is 0 Å². The third kappa shape index (κ3) is 10.5. The molecule has 0 saturated carbocycles. The highest BCUT2D eigenvalue weighted by Gasteiger charge is 2.42. The number of carbonyl (C=O) groups is 3. The van der Waals surface area contributed by atoms with Crippen molar-refractivity contribution in [3.05, 3.63) is 71.8 Å². The number of aryl methyl sites for hydroxylation is 1. The zero-order valence-corrected chi connectivity index (χ0v) is 26.4. The average Bonchev–Trinajstić information content (AvgIpc) is 2.96. The van der Waals surface area contributed by atoms with Crippen molar-refractivity contribution in [3.63, 3.8) is 0 Å². The lowest BCUT2D eigenvalue weighted by Crippen LogP contribution is -2.53. The molecule has 0 radical (unpaired) electrons. The van der Waals surface area contributed by atoms with E-state index in [0.717, 1.165) is 36.4 Å². The highest BCUT2D eigenvalue weighted by Crippen LogP contribution is 2.28. The summed E-state index contributed by atoms with van der Waals surface area (Å²) in [5.74, 6) is -1.68. The Morgan fingerprint density at radius 1 is 0.951 bits per heavy atom. The van der Waals surface area contributed by atoms with Gasteiger partial charge in [-0.05, 0) is 49.3 Å². The Morgan fingerprint density at radius 2 is 1.61 bits per heavy atom. The van der Waals surface area contributed by atoms with Gasteiger partial charge < -0.3 is 19.1 Å². The van der Waals surface area contributed by atoms with Gasteiger partial charge in [0.1, 0.15) is 18.9 Å². The summed E-state index contributed by atoms with van der Waals surface area (Å²) in [5.41, 5.74) is 1.02. The lowest BCUT2D eigenvalue weighted by molar-refractivity contribution is -0.165. The first kappa shape index (κ1) is 32.7. The molecule has 0 spiro atoms. The Balaban J connectivity index is 1.62. The molecule has 1 aliphatic rings. The molecule has 1 unspecified atom stereocenters. The first-order valence-electron chi connectivity index (χ1n) is 14.8. The van der Waals surface area contributed by atoms with Gasteiger partial charge in [0.25, 0.3) is 5.91 Å². The minimum Gasteiger partial charge on any atom is -0.456 e. The molecule has 0 bridgehead atoms. The predicted octanol–water partition coefficient (Wildman–Crippen LogP) is 6.21. The number of ketones is 1. The number of esters is 1. The van der Waals surface area contributed by atoms with Crippen LogP contribution in [0.15, 0.2) is 60.7 Å². The van der Waals surface area contributed by atoms with Gasteiger partial charge in [0, 0.05) is 21.2 Å². The Kier molecular flexibility index (Phi) is 12.3. The lowest BCUT2D eigenvalue weighted by Gasteiger charge is -2.36. The fraction of sp³-hybridized carbons (Fsp3) is 0.545. The third-order valence-electron chi connectivity index (χ3n) is 7.44. The fourth-order valence-electron chi connectivity index (χ4n) is 4.82. The first-order valence-corrected chi connectivity index (χ1v) is 18.5. The average molecular weight is 582 g/mol. The van der Waals surface area contributed by atoms with Crippen molar-refractivity contribution in [2.24, 2.45) is 5.41 Å². The van der Waals surface area contributed by atoms with Crippen LogP contribution in [0.2, 0.25) is 25.7 Å². The van der Waals surface area contributed by atoms with Crippen LogP contribution in [0.1, 0.15) is 56.8 Å². The summed E-state index contributed by atoms with van der Waals surface area (Å²) in [6.07, 6.45) is 2.91. The minimum atomic E-state index is -1.20. The smallest absolute Gasteiger partial charge is 0.329 e. The van der Waals surface area contributed by atoms with E-state index >= 15 is 0 Å². The highest BCUT2D eigenvalue weighted by atomic mass is 28.3. The van der Waals surface area contributed by atoms with Crippen molar-refractivity contribution in [2.75, 3.05) is 26.6 Å². The van der Waals surface area contributed by atoms with Gasteiger partial charge in [-0.1, -0.05) is 94.2 Å². The Morgan fingerprint density at radius 3 is 2.27 bits per heavy atom. The van der Waals surface area contributed by atoms with Crippen LogP contribution < -0.4 is 0 Å². The number of ether oxygens (including phenoxy) is 3. The van der Waals surface area contributed by atoms with Crippen molar-refractivity contribution < 1.29 is 28.6 Å². The third-order valence-corrected chi connectivity index (χ3v) is 9.14. The summed E-state index contributed by atoms with van der Waals surface area (Å²) >= 11 is 0. The van der Waals surface area contributed by atoms with Crippen molar-refractivity contribution in [2.45, 2.75) is 83.8 Å². The number of hydrogen-bond acceptors (Lipinski definition) is 6. The Labute approximate surface area is 246 Å². The first-order chi connectivity index (χ1) is 19.5. The lowest BCUT2D eigenvalue weighted by atomic mass is 9.87. The van der Waals surface area contributed by atoms with Gasteiger partial charge in [-0.2, -0.15) is 0 Å². The molecule has 0 aromatic heterocycles. The van der Waals surface area contributed by atoms with Gasteiger partial charge in [0.15, 0.2) is 0 Å². The van der Waals surface area contributed by atoms with Crippen molar-refractivity contribution in [1.82, 2.24) is 4.90 Å². The molecule has 0 N–H and O–H groups in total. The maximum Gasteiger partial charge on any atom is 0.329 e. The van der Waals surface area contributed by atoms with E-state index in [1.807, 2.05) is 48.5 Å². The molecule has 2 atom stereocenters. The maximum absolute atomic E-state index is 13.6. The number of amides is 1. The van der Waals surface area contributed by atoms with Crippen molar-refractivity contribution >= 4 is 25.7 Å². The molecule has 1 aliphatic heterocycles. The van der Waals surface area contributed by atoms with Crippen LogP contribution in [-0.2, 0) is 35.0 Å². The molecule has 1 heterocycles. The van der Waals surface area contributed by atoms with Crippen LogP contribution >= 0.6 is 0 Å². The molecule has 8 heteroatoms. The van der Waals surface area contributed by atoms with Crippen LogP contribution in [0, 0.1) is 5.41 Å². The Bertz CT molecular complexity index is 1120. The van der Waals surface area contributed by atoms with E-state index in [1.54, 1.807) is 13.8 Å². The van der Waals surface area contributed by atoms with Gasteiger partial charge in [0.05, 0.1) is 12.0 Å². The largest absolute Gasteiger partial charge is 0.456 e. The van der Waals surface area contributed by atoms with Crippen LogP contribution in [0.3, 0.4) is 0 Å². The van der Waals surface area contributed by atoms with Gasteiger partial charge >= 0.3 is 5.97 Å². The zero-order chi connectivity index (χ0) is 29.9. The number of hydrogen-bond donors (Lipinski definition) is 0.